The molecule has 1 aliphatic rings. The van der Waals surface area contributed by atoms with Crippen LogP contribution >= 0.6 is 11.3 Å². The Morgan fingerprint density at radius 2 is 2.06 bits per heavy atom. The van der Waals surface area contributed by atoms with Gasteiger partial charge in [-0.3, -0.25) is 0 Å². The third-order valence-electron chi connectivity index (χ3n) is 3.17. The van der Waals surface area contributed by atoms with Gasteiger partial charge in [0.2, 0.25) is 0 Å². The van der Waals surface area contributed by atoms with Crippen molar-refractivity contribution in [3.05, 3.63) is 11.1 Å². The predicted molar refractivity (Wildman–Crippen MR) is 78.4 cm³/mol. The third kappa shape index (κ3) is 3.93. The maximum atomic E-state index is 4.72. The van der Waals surface area contributed by atoms with E-state index in [9.17, 15) is 0 Å². The Kier molecular flexibility index (Phi) is 4.97. The lowest BCUT2D eigenvalue weighted by Crippen LogP contribution is -2.44. The molecule has 1 aliphatic heterocycles. The number of likely N-dealkylation sites (N-methyl/N-ethyl adjacent to an activating group) is 1. The number of rotatable bonds is 5. The van der Waals surface area contributed by atoms with Crippen LogP contribution in [0.3, 0.4) is 0 Å². The zero-order chi connectivity index (χ0) is 13.0. The molecule has 2 rings (SSSR count). The number of piperazine rings is 1. The topological polar surface area (TPSA) is 31.4 Å². The highest BCUT2D eigenvalue weighted by Gasteiger charge is 2.16. The van der Waals surface area contributed by atoms with Crippen molar-refractivity contribution in [2.24, 2.45) is 5.92 Å². The summed E-state index contributed by atoms with van der Waals surface area (Å²) in [5.41, 5.74) is 1.18. The van der Waals surface area contributed by atoms with Crippen LogP contribution in [-0.2, 0) is 6.54 Å². The van der Waals surface area contributed by atoms with E-state index in [2.05, 4.69) is 41.4 Å². The molecule has 0 saturated carbocycles. The van der Waals surface area contributed by atoms with E-state index in [4.69, 9.17) is 4.98 Å². The molecule has 0 unspecified atom stereocenters. The summed E-state index contributed by atoms with van der Waals surface area (Å²) in [6, 6.07) is 0. The van der Waals surface area contributed by atoms with E-state index in [0.29, 0.717) is 5.92 Å². The average molecular weight is 268 g/mol. The van der Waals surface area contributed by atoms with Crippen LogP contribution in [0.5, 0.6) is 0 Å². The predicted octanol–water partition coefficient (Wildman–Crippen LogP) is 1.64. The molecule has 0 spiro atoms. The van der Waals surface area contributed by atoms with Crippen LogP contribution in [0, 0.1) is 5.92 Å². The van der Waals surface area contributed by atoms with Crippen molar-refractivity contribution >= 4 is 16.5 Å². The number of hydrogen-bond acceptors (Lipinski definition) is 5. The van der Waals surface area contributed by atoms with Gasteiger partial charge < -0.3 is 15.1 Å². The monoisotopic (exact) mass is 268 g/mol. The average Bonchev–Trinajstić information content (AvgIpc) is 2.78. The van der Waals surface area contributed by atoms with Gasteiger partial charge >= 0.3 is 0 Å². The zero-order valence-electron chi connectivity index (χ0n) is 11.6. The minimum atomic E-state index is 0.695. The Morgan fingerprint density at radius 1 is 1.33 bits per heavy atom. The van der Waals surface area contributed by atoms with Crippen molar-refractivity contribution in [2.45, 2.75) is 20.4 Å². The summed E-state index contributed by atoms with van der Waals surface area (Å²) in [5, 5.41) is 6.81. The maximum Gasteiger partial charge on any atom is 0.185 e. The molecular formula is C13H24N4S. The Labute approximate surface area is 114 Å². The largest absolute Gasteiger partial charge is 0.346 e. The lowest BCUT2D eigenvalue weighted by atomic mass is 10.2. The SMILES string of the molecule is CC(C)CNCc1csc(N2CCN(C)CC2)n1. The molecule has 0 aliphatic carbocycles. The third-order valence-corrected chi connectivity index (χ3v) is 4.12. The number of hydrogen-bond donors (Lipinski definition) is 1. The minimum absolute atomic E-state index is 0.695. The molecule has 0 bridgehead atoms. The molecule has 0 aromatic carbocycles. The fourth-order valence-electron chi connectivity index (χ4n) is 2.01. The van der Waals surface area contributed by atoms with Gasteiger partial charge in [0.1, 0.15) is 0 Å². The van der Waals surface area contributed by atoms with Crippen molar-refractivity contribution in [1.82, 2.24) is 15.2 Å². The van der Waals surface area contributed by atoms with Gasteiger partial charge in [-0.2, -0.15) is 0 Å². The smallest absolute Gasteiger partial charge is 0.185 e. The summed E-state index contributed by atoms with van der Waals surface area (Å²) in [4.78, 5) is 9.49. The maximum absolute atomic E-state index is 4.72. The van der Waals surface area contributed by atoms with E-state index in [1.54, 1.807) is 11.3 Å². The Bertz CT molecular complexity index is 356. The fraction of sp³-hybridized carbons (Fsp3) is 0.769. The van der Waals surface area contributed by atoms with Crippen LogP contribution < -0.4 is 10.2 Å². The zero-order valence-corrected chi connectivity index (χ0v) is 12.5. The van der Waals surface area contributed by atoms with Gasteiger partial charge in [0, 0.05) is 38.1 Å². The fourth-order valence-corrected chi connectivity index (χ4v) is 2.89. The van der Waals surface area contributed by atoms with Crippen molar-refractivity contribution in [3.63, 3.8) is 0 Å². The highest BCUT2D eigenvalue weighted by Crippen LogP contribution is 2.21. The van der Waals surface area contributed by atoms with E-state index in [0.717, 1.165) is 39.3 Å². The molecule has 18 heavy (non-hydrogen) atoms. The standard InChI is InChI=1S/C13H24N4S/c1-11(2)8-14-9-12-10-18-13(15-12)17-6-4-16(3)5-7-17/h10-11,14H,4-9H2,1-3H3. The van der Waals surface area contributed by atoms with Gasteiger partial charge in [0.25, 0.3) is 0 Å². The molecule has 0 amide bonds. The van der Waals surface area contributed by atoms with Gasteiger partial charge in [0.05, 0.1) is 5.69 Å². The molecule has 102 valence electrons. The summed E-state index contributed by atoms with van der Waals surface area (Å²) in [6.07, 6.45) is 0. The molecule has 5 heteroatoms. The summed E-state index contributed by atoms with van der Waals surface area (Å²) in [5.74, 6) is 0.695. The first-order valence-corrected chi connectivity index (χ1v) is 7.61. The lowest BCUT2D eigenvalue weighted by molar-refractivity contribution is 0.312. The first kappa shape index (κ1) is 13.8. The summed E-state index contributed by atoms with van der Waals surface area (Å²) in [6.45, 7) is 10.9. The molecule has 1 saturated heterocycles. The van der Waals surface area contributed by atoms with Gasteiger partial charge in [-0.1, -0.05) is 13.8 Å². The number of thiazole rings is 1. The van der Waals surface area contributed by atoms with E-state index < -0.39 is 0 Å². The molecule has 2 heterocycles. The molecule has 1 fully saturated rings. The van der Waals surface area contributed by atoms with Gasteiger partial charge in [-0.25, -0.2) is 4.98 Å². The van der Waals surface area contributed by atoms with Crippen LogP contribution in [0.4, 0.5) is 5.13 Å². The Balaban J connectivity index is 1.82. The lowest BCUT2D eigenvalue weighted by Gasteiger charge is -2.32. The van der Waals surface area contributed by atoms with Crippen LogP contribution in [0.1, 0.15) is 19.5 Å². The normalized spacial score (nSPS) is 17.7. The summed E-state index contributed by atoms with van der Waals surface area (Å²) < 4.78 is 0. The second-order valence-corrected chi connectivity index (χ2v) is 6.27. The summed E-state index contributed by atoms with van der Waals surface area (Å²) >= 11 is 1.77. The molecule has 1 aromatic rings. The number of aromatic nitrogens is 1. The quantitative estimate of drug-likeness (QED) is 0.880. The highest BCUT2D eigenvalue weighted by atomic mass is 32.1. The van der Waals surface area contributed by atoms with Crippen LogP contribution in [0.15, 0.2) is 5.38 Å². The molecule has 1 aromatic heterocycles. The van der Waals surface area contributed by atoms with E-state index in [1.807, 2.05) is 0 Å². The van der Waals surface area contributed by atoms with Gasteiger partial charge in [-0.05, 0) is 19.5 Å². The number of nitrogens with zero attached hydrogens (tertiary/aromatic N) is 3. The molecule has 0 radical (unpaired) electrons. The van der Waals surface area contributed by atoms with Gasteiger partial charge in [-0.15, -0.1) is 11.3 Å². The molecule has 4 nitrogen and oxygen atoms in total. The highest BCUT2D eigenvalue weighted by molar-refractivity contribution is 7.13. The van der Waals surface area contributed by atoms with Gasteiger partial charge in [0.15, 0.2) is 5.13 Å². The van der Waals surface area contributed by atoms with E-state index in [1.165, 1.54) is 10.8 Å². The first-order valence-electron chi connectivity index (χ1n) is 6.74. The van der Waals surface area contributed by atoms with E-state index in [-0.39, 0.29) is 0 Å². The minimum Gasteiger partial charge on any atom is -0.346 e. The Morgan fingerprint density at radius 3 is 2.72 bits per heavy atom. The van der Waals surface area contributed by atoms with Crippen molar-refractivity contribution in [2.75, 3.05) is 44.7 Å². The summed E-state index contributed by atoms with van der Waals surface area (Å²) in [7, 11) is 2.18. The molecule has 0 atom stereocenters. The second-order valence-electron chi connectivity index (χ2n) is 5.44. The number of anilines is 1. The molecule has 1 N–H and O–H groups in total. The van der Waals surface area contributed by atoms with Crippen LogP contribution in [0.25, 0.3) is 0 Å². The second kappa shape index (κ2) is 6.50. The number of nitrogens with one attached hydrogen (secondary N) is 1. The van der Waals surface area contributed by atoms with E-state index >= 15 is 0 Å². The Hall–Kier alpha value is -0.650. The van der Waals surface area contributed by atoms with Crippen molar-refractivity contribution < 1.29 is 0 Å². The molecular weight excluding hydrogens is 244 g/mol. The van der Waals surface area contributed by atoms with Crippen molar-refractivity contribution in [1.29, 1.82) is 0 Å². The van der Waals surface area contributed by atoms with Crippen LogP contribution in [-0.4, -0.2) is 49.7 Å². The van der Waals surface area contributed by atoms with Crippen molar-refractivity contribution in [3.8, 4) is 0 Å². The van der Waals surface area contributed by atoms with Crippen LogP contribution in [0.2, 0.25) is 0 Å². The first-order chi connectivity index (χ1) is 8.65.